The van der Waals surface area contributed by atoms with Gasteiger partial charge in [-0.3, -0.25) is 0 Å². The summed E-state index contributed by atoms with van der Waals surface area (Å²) in [6.45, 7) is 1.82. The van der Waals surface area contributed by atoms with E-state index in [1.165, 1.54) is 0 Å². The molecular formula is C18H16N2O2. The van der Waals surface area contributed by atoms with Gasteiger partial charge in [0.15, 0.2) is 0 Å². The summed E-state index contributed by atoms with van der Waals surface area (Å²) in [4.78, 5) is 11.5. The third-order valence-electron chi connectivity index (χ3n) is 3.70. The standard InChI is InChI=1S/C18H16N2O2/c1-12-16(18(21)22)11-17(13-7-9-14(19)10-8-13)20(12)15-5-3-2-4-6-15/h2-11H,19H2,1H3,(H,21,22). The van der Waals surface area contributed by atoms with E-state index in [2.05, 4.69) is 0 Å². The Morgan fingerprint density at radius 2 is 1.68 bits per heavy atom. The number of benzene rings is 2. The van der Waals surface area contributed by atoms with Gasteiger partial charge in [0.25, 0.3) is 0 Å². The molecule has 1 aromatic heterocycles. The molecule has 0 aliphatic heterocycles. The molecule has 0 spiro atoms. The Hall–Kier alpha value is -3.01. The van der Waals surface area contributed by atoms with Crippen LogP contribution in [0.2, 0.25) is 0 Å². The van der Waals surface area contributed by atoms with E-state index >= 15 is 0 Å². The summed E-state index contributed by atoms with van der Waals surface area (Å²) in [5, 5.41) is 9.41. The van der Waals surface area contributed by atoms with Crippen LogP contribution in [0.15, 0.2) is 60.7 Å². The van der Waals surface area contributed by atoms with E-state index in [1.807, 2.05) is 66.1 Å². The second-order valence-corrected chi connectivity index (χ2v) is 5.13. The van der Waals surface area contributed by atoms with Crippen molar-refractivity contribution < 1.29 is 9.90 Å². The van der Waals surface area contributed by atoms with Crippen LogP contribution in [0.25, 0.3) is 16.9 Å². The number of hydrogen-bond donors (Lipinski definition) is 2. The zero-order valence-corrected chi connectivity index (χ0v) is 12.2. The third-order valence-corrected chi connectivity index (χ3v) is 3.70. The number of aromatic nitrogens is 1. The first kappa shape index (κ1) is 13.9. The zero-order chi connectivity index (χ0) is 15.7. The molecule has 2 aromatic carbocycles. The fourth-order valence-electron chi connectivity index (χ4n) is 2.60. The Balaban J connectivity index is 2.27. The van der Waals surface area contributed by atoms with E-state index < -0.39 is 5.97 Å². The first-order chi connectivity index (χ1) is 10.6. The molecule has 0 saturated carbocycles. The largest absolute Gasteiger partial charge is 0.478 e. The van der Waals surface area contributed by atoms with E-state index in [0.717, 1.165) is 16.9 Å². The van der Waals surface area contributed by atoms with E-state index in [0.29, 0.717) is 16.9 Å². The Labute approximate surface area is 128 Å². The van der Waals surface area contributed by atoms with Crippen molar-refractivity contribution in [2.24, 2.45) is 0 Å². The van der Waals surface area contributed by atoms with Crippen LogP contribution < -0.4 is 5.73 Å². The average molecular weight is 292 g/mol. The van der Waals surface area contributed by atoms with E-state index in [-0.39, 0.29) is 0 Å². The SMILES string of the molecule is Cc1c(C(=O)O)cc(-c2ccc(N)cc2)n1-c1ccccc1. The lowest BCUT2D eigenvalue weighted by atomic mass is 10.1. The van der Waals surface area contributed by atoms with Gasteiger partial charge in [0.1, 0.15) is 0 Å². The lowest BCUT2D eigenvalue weighted by molar-refractivity contribution is 0.0696. The molecule has 0 radical (unpaired) electrons. The quantitative estimate of drug-likeness (QED) is 0.723. The van der Waals surface area contributed by atoms with Gasteiger partial charge < -0.3 is 15.4 Å². The number of hydrogen-bond acceptors (Lipinski definition) is 2. The van der Waals surface area contributed by atoms with Gasteiger partial charge in [-0.05, 0) is 42.8 Å². The molecule has 0 aliphatic carbocycles. The number of carboxylic acid groups (broad SMARTS) is 1. The topological polar surface area (TPSA) is 68.2 Å². The van der Waals surface area contributed by atoms with Crippen molar-refractivity contribution in [3.8, 4) is 16.9 Å². The van der Waals surface area contributed by atoms with E-state index in [9.17, 15) is 9.90 Å². The number of carbonyl (C=O) groups is 1. The Morgan fingerprint density at radius 1 is 1.05 bits per heavy atom. The number of rotatable bonds is 3. The van der Waals surface area contributed by atoms with Crippen molar-refractivity contribution in [3.05, 3.63) is 71.9 Å². The Kier molecular flexibility index (Phi) is 3.43. The fourth-order valence-corrected chi connectivity index (χ4v) is 2.60. The number of nitrogens with two attached hydrogens (primary N) is 1. The molecule has 3 rings (SSSR count). The summed E-state index contributed by atoms with van der Waals surface area (Å²) in [6.07, 6.45) is 0. The van der Waals surface area contributed by atoms with Crippen LogP contribution in [0.4, 0.5) is 5.69 Å². The van der Waals surface area contributed by atoms with Crippen molar-refractivity contribution in [3.63, 3.8) is 0 Å². The highest BCUT2D eigenvalue weighted by molar-refractivity contribution is 5.91. The molecule has 0 saturated heterocycles. The van der Waals surface area contributed by atoms with Gasteiger partial charge in [-0.25, -0.2) is 4.79 Å². The second kappa shape index (κ2) is 5.41. The molecular weight excluding hydrogens is 276 g/mol. The number of aromatic carboxylic acids is 1. The van der Waals surface area contributed by atoms with Gasteiger partial charge in [0.2, 0.25) is 0 Å². The Bertz CT molecular complexity index is 818. The van der Waals surface area contributed by atoms with Crippen LogP contribution in [0.3, 0.4) is 0 Å². The monoisotopic (exact) mass is 292 g/mol. The van der Waals surface area contributed by atoms with E-state index in [1.54, 1.807) is 6.07 Å². The molecule has 0 bridgehead atoms. The third kappa shape index (κ3) is 2.35. The molecule has 0 fully saturated rings. The molecule has 22 heavy (non-hydrogen) atoms. The molecule has 0 unspecified atom stereocenters. The normalized spacial score (nSPS) is 10.6. The number of nitrogens with zero attached hydrogens (tertiary/aromatic N) is 1. The van der Waals surface area contributed by atoms with Crippen LogP contribution in [-0.2, 0) is 0 Å². The molecule has 110 valence electrons. The van der Waals surface area contributed by atoms with Crippen LogP contribution >= 0.6 is 0 Å². The predicted octanol–water partition coefficient (Wildman–Crippen LogP) is 3.73. The maximum atomic E-state index is 11.5. The van der Waals surface area contributed by atoms with Crippen LogP contribution in [0, 0.1) is 6.92 Å². The molecule has 0 amide bonds. The smallest absolute Gasteiger partial charge is 0.337 e. The number of nitrogen functional groups attached to an aromatic ring is 1. The minimum atomic E-state index is -0.927. The highest BCUT2D eigenvalue weighted by Crippen LogP contribution is 2.30. The van der Waals surface area contributed by atoms with Crippen molar-refractivity contribution in [2.75, 3.05) is 5.73 Å². The summed E-state index contributed by atoms with van der Waals surface area (Å²) in [5.74, 6) is -0.927. The maximum absolute atomic E-state index is 11.5. The number of anilines is 1. The van der Waals surface area contributed by atoms with Gasteiger partial charge in [-0.2, -0.15) is 0 Å². The van der Waals surface area contributed by atoms with Crippen molar-refractivity contribution in [1.29, 1.82) is 0 Å². The summed E-state index contributed by atoms with van der Waals surface area (Å²) < 4.78 is 1.95. The molecule has 4 heteroatoms. The van der Waals surface area contributed by atoms with Gasteiger partial charge in [0, 0.05) is 17.1 Å². The van der Waals surface area contributed by atoms with Crippen molar-refractivity contribution >= 4 is 11.7 Å². The highest BCUT2D eigenvalue weighted by Gasteiger charge is 2.18. The second-order valence-electron chi connectivity index (χ2n) is 5.13. The highest BCUT2D eigenvalue weighted by atomic mass is 16.4. The summed E-state index contributed by atoms with van der Waals surface area (Å²) in [5.41, 5.74) is 10.1. The predicted molar refractivity (Wildman–Crippen MR) is 87.3 cm³/mol. The van der Waals surface area contributed by atoms with Gasteiger partial charge in [-0.1, -0.05) is 30.3 Å². The lowest BCUT2D eigenvalue weighted by Gasteiger charge is -2.12. The van der Waals surface area contributed by atoms with Gasteiger partial charge >= 0.3 is 5.97 Å². The first-order valence-corrected chi connectivity index (χ1v) is 6.95. The number of para-hydroxylation sites is 1. The number of carboxylic acids is 1. The molecule has 3 N–H and O–H groups in total. The summed E-state index contributed by atoms with van der Waals surface area (Å²) in [7, 11) is 0. The molecule has 0 aliphatic rings. The minimum absolute atomic E-state index is 0.302. The van der Waals surface area contributed by atoms with E-state index in [4.69, 9.17) is 5.73 Å². The van der Waals surface area contributed by atoms with Crippen molar-refractivity contribution in [2.45, 2.75) is 6.92 Å². The minimum Gasteiger partial charge on any atom is -0.478 e. The molecule has 3 aromatic rings. The first-order valence-electron chi connectivity index (χ1n) is 6.95. The molecule has 0 atom stereocenters. The van der Waals surface area contributed by atoms with Gasteiger partial charge in [-0.15, -0.1) is 0 Å². The van der Waals surface area contributed by atoms with Crippen LogP contribution in [0.1, 0.15) is 16.1 Å². The average Bonchev–Trinajstić information content (AvgIpc) is 2.86. The zero-order valence-electron chi connectivity index (χ0n) is 12.2. The van der Waals surface area contributed by atoms with Crippen molar-refractivity contribution in [1.82, 2.24) is 4.57 Å². The lowest BCUT2D eigenvalue weighted by Crippen LogP contribution is -2.02. The summed E-state index contributed by atoms with van der Waals surface area (Å²) >= 11 is 0. The summed E-state index contributed by atoms with van der Waals surface area (Å²) in [6, 6.07) is 18.8. The molecule has 4 nitrogen and oxygen atoms in total. The maximum Gasteiger partial charge on any atom is 0.337 e. The fraction of sp³-hybridized carbons (Fsp3) is 0.0556. The molecule has 1 heterocycles. The van der Waals surface area contributed by atoms with Gasteiger partial charge in [0.05, 0.1) is 11.3 Å². The Morgan fingerprint density at radius 3 is 2.27 bits per heavy atom. The van der Waals surface area contributed by atoms with Crippen LogP contribution in [0.5, 0.6) is 0 Å². The van der Waals surface area contributed by atoms with Crippen LogP contribution in [-0.4, -0.2) is 15.6 Å².